The summed E-state index contributed by atoms with van der Waals surface area (Å²) in [6, 6.07) is 4.44. The second kappa shape index (κ2) is 6.60. The Balaban J connectivity index is 1.47. The van der Waals surface area contributed by atoms with Crippen molar-refractivity contribution >= 4 is 0 Å². The standard InChI is InChI=1S/C29H39NO4/c1-5-17(2)26(3,32)21-15-27-10-11-29(21,33-4)25-28(27)12-13-30(16-18-6-7-18)22(27)14-19-8-9-20(31)24(34-25)23(19)28/h5,8-9,18,21-22,25,31-32H,6-7,10-16H2,1-4H3/b17-5+/t21-,22-,25-,26-,27?,28+,29+/m1/s1. The van der Waals surface area contributed by atoms with Crippen LogP contribution in [-0.4, -0.2) is 58.7 Å². The lowest BCUT2D eigenvalue weighted by Crippen LogP contribution is -2.82. The van der Waals surface area contributed by atoms with Gasteiger partial charge >= 0.3 is 0 Å². The third-order valence-electron chi connectivity index (χ3n) is 11.6. The lowest BCUT2D eigenvalue weighted by molar-refractivity contribution is -0.298. The summed E-state index contributed by atoms with van der Waals surface area (Å²) < 4.78 is 13.4. The first-order valence-corrected chi connectivity index (χ1v) is 13.4. The molecule has 7 aliphatic rings. The van der Waals surface area contributed by atoms with E-state index in [1.807, 2.05) is 40.0 Å². The predicted molar refractivity (Wildman–Crippen MR) is 130 cm³/mol. The monoisotopic (exact) mass is 465 g/mol. The number of fused-ring (bicyclic) bond motifs is 2. The molecule has 2 heterocycles. The third kappa shape index (κ3) is 2.24. The first kappa shape index (κ1) is 21.7. The summed E-state index contributed by atoms with van der Waals surface area (Å²) in [5, 5.41) is 23.0. The number of benzene rings is 1. The summed E-state index contributed by atoms with van der Waals surface area (Å²) in [4.78, 5) is 2.81. The van der Waals surface area contributed by atoms with Crippen molar-refractivity contribution in [3.05, 3.63) is 34.9 Å². The molecule has 5 fully saturated rings. The molecular formula is C29H39NO4. The van der Waals surface area contributed by atoms with Crippen molar-refractivity contribution in [2.45, 2.75) is 94.5 Å². The molecule has 5 aliphatic carbocycles. The van der Waals surface area contributed by atoms with E-state index in [-0.39, 0.29) is 28.6 Å². The van der Waals surface area contributed by atoms with Crippen molar-refractivity contribution in [2.24, 2.45) is 17.3 Å². The molecule has 4 saturated carbocycles. The molecule has 7 atom stereocenters. The number of phenolic OH excluding ortho intramolecular Hbond substituents is 1. The fourth-order valence-electron chi connectivity index (χ4n) is 9.62. The minimum absolute atomic E-state index is 0.0276. The zero-order valence-electron chi connectivity index (χ0n) is 21.1. The number of piperidine rings is 1. The van der Waals surface area contributed by atoms with E-state index in [9.17, 15) is 10.2 Å². The largest absolute Gasteiger partial charge is 0.504 e. The highest BCUT2D eigenvalue weighted by Gasteiger charge is 2.82. The number of likely N-dealkylation sites (tertiary alicyclic amines) is 1. The SMILES string of the molecule is C/C=C(\C)[C@@](C)(O)[C@H]1CC23CC[C@@]1(OC)[C@@H]1Oc4c(O)ccc5c4[C@@]12CCN(CC1CC1)[C@@H]3C5. The fourth-order valence-corrected chi connectivity index (χ4v) is 9.62. The number of hydrogen-bond donors (Lipinski definition) is 2. The maximum atomic E-state index is 12.1. The Kier molecular flexibility index (Phi) is 4.21. The fraction of sp³-hybridized carbons (Fsp3) is 0.724. The highest BCUT2D eigenvalue weighted by atomic mass is 16.6. The molecule has 1 unspecified atom stereocenters. The molecule has 2 aliphatic heterocycles. The quantitative estimate of drug-likeness (QED) is 0.634. The van der Waals surface area contributed by atoms with E-state index in [1.165, 1.54) is 30.5 Å². The number of phenols is 1. The zero-order valence-corrected chi connectivity index (χ0v) is 21.1. The number of allylic oxidation sites excluding steroid dienone is 1. The van der Waals surface area contributed by atoms with Gasteiger partial charge in [-0.3, -0.25) is 4.90 Å². The smallest absolute Gasteiger partial charge is 0.165 e. The van der Waals surface area contributed by atoms with Crippen LogP contribution in [0.4, 0.5) is 0 Å². The van der Waals surface area contributed by atoms with Gasteiger partial charge in [0, 0.05) is 42.0 Å². The Morgan fingerprint density at radius 3 is 2.79 bits per heavy atom. The molecule has 8 rings (SSSR count). The van der Waals surface area contributed by atoms with Crippen LogP contribution in [0.2, 0.25) is 0 Å². The number of aromatic hydroxyl groups is 1. The minimum Gasteiger partial charge on any atom is -0.504 e. The molecule has 1 aromatic rings. The van der Waals surface area contributed by atoms with Crippen LogP contribution in [0.5, 0.6) is 11.5 Å². The first-order chi connectivity index (χ1) is 16.2. The maximum Gasteiger partial charge on any atom is 0.165 e. The molecule has 4 bridgehead atoms. The van der Waals surface area contributed by atoms with Gasteiger partial charge in [-0.05, 0) is 95.4 Å². The maximum absolute atomic E-state index is 12.1. The van der Waals surface area contributed by atoms with E-state index in [2.05, 4.69) is 11.0 Å². The molecule has 1 saturated heterocycles. The second-order valence-corrected chi connectivity index (χ2v) is 12.5. The van der Waals surface area contributed by atoms with E-state index in [0.29, 0.717) is 11.8 Å². The Labute approximate surface area is 203 Å². The molecule has 5 heteroatoms. The molecule has 2 spiro atoms. The zero-order chi connectivity index (χ0) is 23.7. The van der Waals surface area contributed by atoms with Crippen molar-refractivity contribution in [1.82, 2.24) is 4.90 Å². The molecular weight excluding hydrogens is 426 g/mol. The summed E-state index contributed by atoms with van der Waals surface area (Å²) in [6.07, 6.45) is 9.61. The van der Waals surface area contributed by atoms with Crippen LogP contribution >= 0.6 is 0 Å². The number of methoxy groups -OCH3 is 1. The highest BCUT2D eigenvalue weighted by molar-refractivity contribution is 5.63. The number of hydrogen-bond acceptors (Lipinski definition) is 5. The highest BCUT2D eigenvalue weighted by Crippen LogP contribution is 2.77. The molecule has 0 aromatic heterocycles. The summed E-state index contributed by atoms with van der Waals surface area (Å²) in [7, 11) is 1.82. The Morgan fingerprint density at radius 2 is 2.09 bits per heavy atom. The van der Waals surface area contributed by atoms with Crippen LogP contribution in [0.3, 0.4) is 0 Å². The van der Waals surface area contributed by atoms with Gasteiger partial charge in [0.2, 0.25) is 0 Å². The van der Waals surface area contributed by atoms with Crippen molar-refractivity contribution in [3.63, 3.8) is 0 Å². The minimum atomic E-state index is -0.976. The van der Waals surface area contributed by atoms with Gasteiger partial charge in [-0.25, -0.2) is 0 Å². The van der Waals surface area contributed by atoms with Gasteiger partial charge in [-0.2, -0.15) is 0 Å². The van der Waals surface area contributed by atoms with Crippen LogP contribution in [0.15, 0.2) is 23.8 Å². The van der Waals surface area contributed by atoms with E-state index in [0.717, 1.165) is 50.1 Å². The first-order valence-electron chi connectivity index (χ1n) is 13.4. The van der Waals surface area contributed by atoms with Crippen molar-refractivity contribution in [3.8, 4) is 11.5 Å². The Morgan fingerprint density at radius 1 is 1.29 bits per heavy atom. The second-order valence-electron chi connectivity index (χ2n) is 12.5. The lowest BCUT2D eigenvalue weighted by Gasteiger charge is -2.75. The lowest BCUT2D eigenvalue weighted by atomic mass is 9.33. The van der Waals surface area contributed by atoms with Gasteiger partial charge in [0.25, 0.3) is 0 Å². The topological polar surface area (TPSA) is 62.2 Å². The summed E-state index contributed by atoms with van der Waals surface area (Å²) >= 11 is 0. The molecule has 2 N–H and O–H groups in total. The van der Waals surface area contributed by atoms with Crippen LogP contribution in [0.1, 0.15) is 70.4 Å². The molecule has 1 aromatic carbocycles. The van der Waals surface area contributed by atoms with Crippen molar-refractivity contribution in [2.75, 3.05) is 20.2 Å². The molecule has 5 nitrogen and oxygen atoms in total. The number of aliphatic hydroxyl groups is 1. The number of rotatable bonds is 5. The summed E-state index contributed by atoms with van der Waals surface area (Å²) in [5.74, 6) is 1.75. The molecule has 0 radical (unpaired) electrons. The summed E-state index contributed by atoms with van der Waals surface area (Å²) in [5.41, 5.74) is 1.96. The number of nitrogens with zero attached hydrogens (tertiary/aromatic N) is 1. The van der Waals surface area contributed by atoms with Crippen molar-refractivity contribution in [1.29, 1.82) is 0 Å². The predicted octanol–water partition coefficient (Wildman–Crippen LogP) is 4.33. The Hall–Kier alpha value is -1.56. The summed E-state index contributed by atoms with van der Waals surface area (Å²) in [6.45, 7) is 8.35. The van der Waals surface area contributed by atoms with Crippen LogP contribution < -0.4 is 4.74 Å². The normalized spacial score (nSPS) is 43.9. The van der Waals surface area contributed by atoms with Crippen LogP contribution in [0, 0.1) is 17.3 Å². The van der Waals surface area contributed by atoms with Gasteiger partial charge in [-0.1, -0.05) is 12.1 Å². The van der Waals surface area contributed by atoms with Crippen LogP contribution in [-0.2, 0) is 16.6 Å². The van der Waals surface area contributed by atoms with Crippen molar-refractivity contribution < 1.29 is 19.7 Å². The third-order valence-corrected chi connectivity index (χ3v) is 11.6. The van der Waals surface area contributed by atoms with E-state index < -0.39 is 11.2 Å². The van der Waals surface area contributed by atoms with Crippen LogP contribution in [0.25, 0.3) is 0 Å². The molecule has 184 valence electrons. The average Bonchev–Trinajstić information content (AvgIpc) is 3.58. The van der Waals surface area contributed by atoms with Gasteiger partial charge in [0.05, 0.1) is 5.60 Å². The van der Waals surface area contributed by atoms with Gasteiger partial charge in [0.15, 0.2) is 11.5 Å². The Bertz CT molecular complexity index is 1090. The van der Waals surface area contributed by atoms with Gasteiger partial charge < -0.3 is 19.7 Å². The molecule has 34 heavy (non-hydrogen) atoms. The van der Waals surface area contributed by atoms with Gasteiger partial charge in [0.1, 0.15) is 11.7 Å². The molecule has 0 amide bonds. The number of ether oxygens (including phenoxy) is 2. The van der Waals surface area contributed by atoms with Gasteiger partial charge in [-0.15, -0.1) is 0 Å². The van der Waals surface area contributed by atoms with E-state index in [4.69, 9.17) is 9.47 Å². The van der Waals surface area contributed by atoms with E-state index >= 15 is 0 Å². The van der Waals surface area contributed by atoms with E-state index in [1.54, 1.807) is 0 Å². The average molecular weight is 466 g/mol.